The predicted molar refractivity (Wildman–Crippen MR) is 78.2 cm³/mol. The Morgan fingerprint density at radius 1 is 1.10 bits per heavy atom. The molecule has 0 unspecified atom stereocenters. The van der Waals surface area contributed by atoms with Crippen LogP contribution >= 0.6 is 0 Å². The molecule has 0 fully saturated rings. The maximum Gasteiger partial charge on any atom is 0.206 e. The molecule has 21 heavy (non-hydrogen) atoms. The summed E-state index contributed by atoms with van der Waals surface area (Å²) in [5.41, 5.74) is 1.03. The Kier molecular flexibility index (Phi) is 3.29. The summed E-state index contributed by atoms with van der Waals surface area (Å²) >= 11 is 0. The van der Waals surface area contributed by atoms with E-state index >= 15 is 0 Å². The molecule has 0 radical (unpaired) electrons. The van der Waals surface area contributed by atoms with Crippen LogP contribution in [0.1, 0.15) is 11.1 Å². The van der Waals surface area contributed by atoms with Gasteiger partial charge in [-0.3, -0.25) is 0 Å². The molecule has 0 N–H and O–H groups in total. The highest BCUT2D eigenvalue weighted by Crippen LogP contribution is 2.34. The van der Waals surface area contributed by atoms with Gasteiger partial charge in [0, 0.05) is 5.56 Å². The first-order valence-electron chi connectivity index (χ1n) is 6.43. The molecule has 0 bridgehead atoms. The highest BCUT2D eigenvalue weighted by atomic mass is 32.2. The third-order valence-electron chi connectivity index (χ3n) is 3.42. The maximum atomic E-state index is 13.7. The minimum atomic E-state index is -3.66. The lowest BCUT2D eigenvalue weighted by Gasteiger charge is -2.09. The molecule has 1 aliphatic rings. The highest BCUT2D eigenvalue weighted by molar-refractivity contribution is 7.95. The van der Waals surface area contributed by atoms with Gasteiger partial charge >= 0.3 is 0 Å². The first-order chi connectivity index (χ1) is 10.00. The maximum absolute atomic E-state index is 13.7. The van der Waals surface area contributed by atoms with Crippen LogP contribution in [-0.4, -0.2) is 15.0 Å². The highest BCUT2D eigenvalue weighted by Gasteiger charge is 2.31. The van der Waals surface area contributed by atoms with Crippen molar-refractivity contribution in [2.24, 2.45) is 0 Å². The number of benzene rings is 2. The zero-order valence-electron chi connectivity index (χ0n) is 11.3. The van der Waals surface area contributed by atoms with E-state index in [2.05, 4.69) is 0 Å². The zero-order chi connectivity index (χ0) is 15.0. The molecule has 0 saturated heterocycles. The lowest BCUT2D eigenvalue weighted by molar-refractivity contribution is 0.356. The minimum Gasteiger partial charge on any atom is -0.488 e. The molecular weight excluding hydrogens is 291 g/mol. The van der Waals surface area contributed by atoms with Gasteiger partial charge in [0.1, 0.15) is 18.2 Å². The summed E-state index contributed by atoms with van der Waals surface area (Å²) in [5, 5.41) is 0. The fourth-order valence-electron chi connectivity index (χ4n) is 2.26. The van der Waals surface area contributed by atoms with Crippen LogP contribution in [0.4, 0.5) is 4.39 Å². The first-order valence-corrected chi connectivity index (χ1v) is 7.91. The number of halogens is 1. The molecule has 0 saturated carbocycles. The Labute approximate surface area is 122 Å². The van der Waals surface area contributed by atoms with E-state index in [0.717, 1.165) is 5.56 Å². The number of para-hydroxylation sites is 1. The third kappa shape index (κ3) is 2.34. The van der Waals surface area contributed by atoms with Crippen molar-refractivity contribution in [1.82, 2.24) is 0 Å². The lowest BCUT2D eigenvalue weighted by atomic mass is 10.2. The number of aryl methyl sites for hydroxylation is 1. The van der Waals surface area contributed by atoms with Gasteiger partial charge in [0.15, 0.2) is 0 Å². The average molecular weight is 304 g/mol. The Bertz CT molecular complexity index is 838. The van der Waals surface area contributed by atoms with E-state index in [0.29, 0.717) is 5.75 Å². The van der Waals surface area contributed by atoms with Crippen molar-refractivity contribution in [3.8, 4) is 5.75 Å². The van der Waals surface area contributed by atoms with Gasteiger partial charge in [0.2, 0.25) is 9.84 Å². The van der Waals surface area contributed by atoms with Gasteiger partial charge in [-0.05, 0) is 36.8 Å². The minimum absolute atomic E-state index is 0.00545. The number of fused-ring (bicyclic) bond motifs is 1. The van der Waals surface area contributed by atoms with Crippen molar-refractivity contribution in [2.75, 3.05) is 6.61 Å². The van der Waals surface area contributed by atoms with E-state index in [1.807, 2.05) is 25.1 Å². The van der Waals surface area contributed by atoms with Crippen molar-refractivity contribution >= 4 is 15.9 Å². The summed E-state index contributed by atoms with van der Waals surface area (Å²) in [5.74, 6) is 0.0759. The van der Waals surface area contributed by atoms with E-state index in [9.17, 15) is 12.8 Å². The second kappa shape index (κ2) is 5.00. The predicted octanol–water partition coefficient (Wildman–Crippen LogP) is 3.34. The van der Waals surface area contributed by atoms with Gasteiger partial charge in [0.05, 0.1) is 9.80 Å². The van der Waals surface area contributed by atoms with Crippen LogP contribution in [0.5, 0.6) is 5.75 Å². The fourth-order valence-corrected chi connectivity index (χ4v) is 3.73. The number of sulfone groups is 1. The molecular formula is C16H13FO3S. The molecule has 1 aliphatic heterocycles. The van der Waals surface area contributed by atoms with E-state index in [1.165, 1.54) is 24.3 Å². The van der Waals surface area contributed by atoms with Crippen LogP contribution in [0.15, 0.2) is 52.3 Å². The van der Waals surface area contributed by atoms with E-state index < -0.39 is 15.7 Å². The quantitative estimate of drug-likeness (QED) is 0.873. The fraction of sp³-hybridized carbons (Fsp3) is 0.125. The summed E-state index contributed by atoms with van der Waals surface area (Å²) in [6.07, 6.45) is 1.35. The van der Waals surface area contributed by atoms with Crippen molar-refractivity contribution in [3.63, 3.8) is 0 Å². The average Bonchev–Trinajstić information content (AvgIpc) is 2.71. The molecule has 3 nitrogen and oxygen atoms in total. The van der Waals surface area contributed by atoms with Gasteiger partial charge in [-0.1, -0.05) is 24.3 Å². The molecule has 0 aromatic heterocycles. The van der Waals surface area contributed by atoms with Crippen molar-refractivity contribution in [1.29, 1.82) is 0 Å². The van der Waals surface area contributed by atoms with Crippen molar-refractivity contribution < 1.29 is 17.5 Å². The normalized spacial score (nSPS) is 15.4. The molecule has 2 aromatic rings. The molecule has 2 aromatic carbocycles. The Hall–Kier alpha value is -2.14. The zero-order valence-corrected chi connectivity index (χ0v) is 12.2. The molecule has 1 heterocycles. The van der Waals surface area contributed by atoms with E-state index in [-0.39, 0.29) is 22.0 Å². The van der Waals surface area contributed by atoms with Gasteiger partial charge in [-0.25, -0.2) is 12.8 Å². The van der Waals surface area contributed by atoms with Gasteiger partial charge in [-0.15, -0.1) is 0 Å². The topological polar surface area (TPSA) is 43.4 Å². The summed E-state index contributed by atoms with van der Waals surface area (Å²) < 4.78 is 43.9. The Morgan fingerprint density at radius 3 is 2.57 bits per heavy atom. The SMILES string of the molecule is Cc1ccccc1OCC1=Cc2c(F)cccc2S1(=O)=O. The molecule has 0 atom stereocenters. The molecule has 5 heteroatoms. The smallest absolute Gasteiger partial charge is 0.206 e. The van der Waals surface area contributed by atoms with Crippen LogP contribution in [0.25, 0.3) is 6.08 Å². The molecule has 0 spiro atoms. The van der Waals surface area contributed by atoms with Gasteiger partial charge in [0.25, 0.3) is 0 Å². The summed E-state index contributed by atoms with van der Waals surface area (Å²) in [6, 6.07) is 11.4. The second-order valence-electron chi connectivity index (χ2n) is 4.82. The third-order valence-corrected chi connectivity index (χ3v) is 5.28. The Morgan fingerprint density at radius 2 is 1.86 bits per heavy atom. The summed E-state index contributed by atoms with van der Waals surface area (Å²) in [7, 11) is -3.66. The molecule has 108 valence electrons. The largest absolute Gasteiger partial charge is 0.488 e. The van der Waals surface area contributed by atoms with Gasteiger partial charge in [-0.2, -0.15) is 0 Å². The van der Waals surface area contributed by atoms with Crippen LogP contribution in [0.2, 0.25) is 0 Å². The second-order valence-corrected chi connectivity index (χ2v) is 6.79. The number of rotatable bonds is 3. The molecule has 0 aliphatic carbocycles. The van der Waals surface area contributed by atoms with Crippen LogP contribution in [0, 0.1) is 12.7 Å². The Balaban J connectivity index is 1.90. The number of ether oxygens (including phenoxy) is 1. The summed E-state index contributed by atoms with van der Waals surface area (Å²) in [4.78, 5) is 0.0803. The van der Waals surface area contributed by atoms with Crippen molar-refractivity contribution in [3.05, 3.63) is 64.3 Å². The summed E-state index contributed by atoms with van der Waals surface area (Å²) in [6.45, 7) is 1.77. The number of hydrogen-bond acceptors (Lipinski definition) is 3. The van der Waals surface area contributed by atoms with Crippen LogP contribution < -0.4 is 4.74 Å². The monoisotopic (exact) mass is 304 g/mol. The van der Waals surface area contributed by atoms with E-state index in [4.69, 9.17) is 4.74 Å². The first kappa shape index (κ1) is 13.8. The molecule has 0 amide bonds. The van der Waals surface area contributed by atoms with E-state index in [1.54, 1.807) is 6.07 Å². The lowest BCUT2D eigenvalue weighted by Crippen LogP contribution is -2.09. The van der Waals surface area contributed by atoms with Gasteiger partial charge < -0.3 is 4.74 Å². The van der Waals surface area contributed by atoms with Crippen LogP contribution in [0.3, 0.4) is 0 Å². The number of hydrogen-bond donors (Lipinski definition) is 0. The molecule has 3 rings (SSSR count). The van der Waals surface area contributed by atoms with Crippen LogP contribution in [-0.2, 0) is 9.84 Å². The van der Waals surface area contributed by atoms with Crippen molar-refractivity contribution in [2.45, 2.75) is 11.8 Å². The standard InChI is InChI=1S/C16H13FO3S/c1-11-5-2-3-7-15(11)20-10-12-9-13-14(17)6-4-8-16(13)21(12,18)19/h2-9H,10H2,1H3.